The van der Waals surface area contributed by atoms with E-state index in [2.05, 4.69) is 10.3 Å². The van der Waals surface area contributed by atoms with Crippen LogP contribution in [0.5, 0.6) is 0 Å². The maximum absolute atomic E-state index is 12.1. The number of imidazole rings is 1. The molecule has 1 aromatic heterocycles. The first kappa shape index (κ1) is 20.4. The van der Waals surface area contributed by atoms with Gasteiger partial charge in [-0.25, -0.2) is 4.98 Å². The minimum atomic E-state index is -0.489. The van der Waals surface area contributed by atoms with Crippen molar-refractivity contribution in [1.82, 2.24) is 9.55 Å². The van der Waals surface area contributed by atoms with Crippen molar-refractivity contribution >= 4 is 36.4 Å². The zero-order chi connectivity index (χ0) is 14.5. The van der Waals surface area contributed by atoms with E-state index in [1.165, 1.54) is 0 Å². The number of aromatic nitrogens is 2. The fraction of sp³-hybridized carbons (Fsp3) is 0.333. The molecule has 0 saturated heterocycles. The van der Waals surface area contributed by atoms with Gasteiger partial charge in [0.05, 0.1) is 12.4 Å². The zero-order valence-electron chi connectivity index (χ0n) is 12.6. The number of rotatable bonds is 5. The molecular formula is C15H22Cl2N4O. The Morgan fingerprint density at radius 2 is 2.14 bits per heavy atom. The van der Waals surface area contributed by atoms with Gasteiger partial charge in [-0.05, 0) is 24.1 Å². The monoisotopic (exact) mass is 344 g/mol. The molecule has 0 spiro atoms. The number of carbonyl (C=O) groups excluding carboxylic acids is 1. The molecule has 0 aliphatic heterocycles. The number of nitrogens with one attached hydrogen (secondary N) is 1. The standard InChI is InChI=1S/C15H20N4O.2ClH/c1-3-11(2)14(16)15(20)18-12-5-4-6-13(9-12)19-8-7-17-10-19;;/h4-11,14H,3,16H2,1-2H3,(H,18,20);2*1H. The maximum Gasteiger partial charge on any atom is 0.241 e. The molecule has 0 aliphatic rings. The van der Waals surface area contributed by atoms with Crippen molar-refractivity contribution in [3.05, 3.63) is 43.0 Å². The molecule has 5 nitrogen and oxygen atoms in total. The van der Waals surface area contributed by atoms with E-state index >= 15 is 0 Å². The number of hydrogen-bond acceptors (Lipinski definition) is 3. The second-order valence-corrected chi connectivity index (χ2v) is 4.92. The highest BCUT2D eigenvalue weighted by Crippen LogP contribution is 2.15. The average molecular weight is 345 g/mol. The molecule has 0 fully saturated rings. The molecular weight excluding hydrogens is 323 g/mol. The average Bonchev–Trinajstić information content (AvgIpc) is 3.00. The van der Waals surface area contributed by atoms with Crippen LogP contribution in [0.4, 0.5) is 5.69 Å². The lowest BCUT2D eigenvalue weighted by Crippen LogP contribution is -2.40. The van der Waals surface area contributed by atoms with Crippen LogP contribution >= 0.6 is 24.8 Å². The first-order valence-corrected chi connectivity index (χ1v) is 6.76. The summed E-state index contributed by atoms with van der Waals surface area (Å²) in [6.45, 7) is 4.00. The van der Waals surface area contributed by atoms with Crippen LogP contribution in [0, 0.1) is 5.92 Å². The van der Waals surface area contributed by atoms with Crippen LogP contribution in [0.25, 0.3) is 5.69 Å². The van der Waals surface area contributed by atoms with Crippen LogP contribution < -0.4 is 11.1 Å². The van der Waals surface area contributed by atoms with Gasteiger partial charge in [0.1, 0.15) is 0 Å². The Labute approximate surface area is 143 Å². The lowest BCUT2D eigenvalue weighted by Gasteiger charge is -2.18. The third-order valence-electron chi connectivity index (χ3n) is 3.48. The molecule has 1 aromatic carbocycles. The normalized spacial score (nSPS) is 12.5. The number of halogens is 2. The number of amides is 1. The molecule has 2 atom stereocenters. The van der Waals surface area contributed by atoms with Gasteiger partial charge in [-0.15, -0.1) is 24.8 Å². The summed E-state index contributed by atoms with van der Waals surface area (Å²) in [5, 5.41) is 2.86. The number of nitrogens with two attached hydrogens (primary N) is 1. The summed E-state index contributed by atoms with van der Waals surface area (Å²) < 4.78 is 1.88. The lowest BCUT2D eigenvalue weighted by molar-refractivity contribution is -0.118. The Balaban J connectivity index is 0.00000220. The van der Waals surface area contributed by atoms with Crippen molar-refractivity contribution < 1.29 is 4.79 Å². The van der Waals surface area contributed by atoms with Gasteiger partial charge in [-0.3, -0.25) is 4.79 Å². The van der Waals surface area contributed by atoms with E-state index in [1.807, 2.05) is 48.9 Å². The SMILES string of the molecule is CCC(C)C(N)C(=O)Nc1cccc(-n2ccnc2)c1.Cl.Cl. The first-order chi connectivity index (χ1) is 9.61. The van der Waals surface area contributed by atoms with E-state index in [-0.39, 0.29) is 36.6 Å². The molecule has 1 heterocycles. The van der Waals surface area contributed by atoms with Crippen molar-refractivity contribution in [3.63, 3.8) is 0 Å². The van der Waals surface area contributed by atoms with Crippen LogP contribution in [-0.4, -0.2) is 21.5 Å². The van der Waals surface area contributed by atoms with Gasteiger partial charge in [0.2, 0.25) is 5.91 Å². The highest BCUT2D eigenvalue weighted by atomic mass is 35.5. The Bertz CT molecular complexity index is 575. The molecule has 2 aromatic rings. The van der Waals surface area contributed by atoms with Crippen molar-refractivity contribution in [2.45, 2.75) is 26.3 Å². The van der Waals surface area contributed by atoms with Gasteiger partial charge in [-0.1, -0.05) is 26.3 Å². The summed E-state index contributed by atoms with van der Waals surface area (Å²) in [5.74, 6) is 0.00830. The molecule has 0 saturated carbocycles. The minimum Gasteiger partial charge on any atom is -0.325 e. The van der Waals surface area contributed by atoms with Gasteiger partial charge in [0.15, 0.2) is 0 Å². The third-order valence-corrected chi connectivity index (χ3v) is 3.48. The van der Waals surface area contributed by atoms with Crippen molar-refractivity contribution in [1.29, 1.82) is 0 Å². The summed E-state index contributed by atoms with van der Waals surface area (Å²) >= 11 is 0. The Kier molecular flexibility index (Phi) is 8.79. The largest absolute Gasteiger partial charge is 0.325 e. The van der Waals surface area contributed by atoms with Crippen LogP contribution in [-0.2, 0) is 4.79 Å². The number of carbonyl (C=O) groups is 1. The predicted molar refractivity (Wildman–Crippen MR) is 94.1 cm³/mol. The first-order valence-electron chi connectivity index (χ1n) is 6.76. The summed E-state index contributed by atoms with van der Waals surface area (Å²) in [4.78, 5) is 16.1. The zero-order valence-corrected chi connectivity index (χ0v) is 14.2. The minimum absolute atomic E-state index is 0. The van der Waals surface area contributed by atoms with Crippen LogP contribution in [0.2, 0.25) is 0 Å². The van der Waals surface area contributed by atoms with E-state index in [1.54, 1.807) is 12.5 Å². The van der Waals surface area contributed by atoms with Gasteiger partial charge < -0.3 is 15.6 Å². The topological polar surface area (TPSA) is 72.9 Å². The number of hydrogen-bond donors (Lipinski definition) is 2. The van der Waals surface area contributed by atoms with E-state index in [9.17, 15) is 4.79 Å². The molecule has 2 rings (SSSR count). The Morgan fingerprint density at radius 1 is 1.41 bits per heavy atom. The quantitative estimate of drug-likeness (QED) is 0.875. The molecule has 7 heteroatoms. The molecule has 22 heavy (non-hydrogen) atoms. The van der Waals surface area contributed by atoms with Gasteiger partial charge in [-0.2, -0.15) is 0 Å². The molecule has 2 unspecified atom stereocenters. The third kappa shape index (κ3) is 5.02. The summed E-state index contributed by atoms with van der Waals surface area (Å²) in [6, 6.07) is 7.09. The van der Waals surface area contributed by atoms with E-state index in [4.69, 9.17) is 5.73 Å². The molecule has 122 valence electrons. The van der Waals surface area contributed by atoms with Crippen LogP contribution in [0.15, 0.2) is 43.0 Å². The highest BCUT2D eigenvalue weighted by molar-refractivity contribution is 5.95. The van der Waals surface area contributed by atoms with E-state index in [0.717, 1.165) is 17.8 Å². The predicted octanol–water partition coefficient (Wildman–Crippen LogP) is 3.03. The Hall–Kier alpha value is -1.56. The second kappa shape index (κ2) is 9.46. The fourth-order valence-corrected chi connectivity index (χ4v) is 1.89. The number of nitrogens with zero attached hydrogens (tertiary/aromatic N) is 2. The smallest absolute Gasteiger partial charge is 0.241 e. The molecule has 0 aliphatic carbocycles. The van der Waals surface area contributed by atoms with Gasteiger partial charge in [0, 0.05) is 23.8 Å². The van der Waals surface area contributed by atoms with Gasteiger partial charge in [0.25, 0.3) is 0 Å². The Morgan fingerprint density at radius 3 is 2.73 bits per heavy atom. The van der Waals surface area contributed by atoms with E-state index in [0.29, 0.717) is 0 Å². The number of anilines is 1. The lowest BCUT2D eigenvalue weighted by atomic mass is 9.99. The summed E-state index contributed by atoms with van der Waals surface area (Å²) in [5.41, 5.74) is 7.60. The number of benzene rings is 1. The summed E-state index contributed by atoms with van der Waals surface area (Å²) in [7, 11) is 0. The van der Waals surface area contributed by atoms with Crippen molar-refractivity contribution in [2.75, 3.05) is 5.32 Å². The fourth-order valence-electron chi connectivity index (χ4n) is 1.89. The maximum atomic E-state index is 12.1. The second-order valence-electron chi connectivity index (χ2n) is 4.92. The van der Waals surface area contributed by atoms with Crippen LogP contribution in [0.3, 0.4) is 0 Å². The molecule has 1 amide bonds. The summed E-state index contributed by atoms with van der Waals surface area (Å²) in [6.07, 6.45) is 6.16. The van der Waals surface area contributed by atoms with E-state index < -0.39 is 6.04 Å². The highest BCUT2D eigenvalue weighted by Gasteiger charge is 2.19. The molecule has 0 bridgehead atoms. The van der Waals surface area contributed by atoms with Crippen molar-refractivity contribution in [2.24, 2.45) is 11.7 Å². The molecule has 0 radical (unpaired) electrons. The van der Waals surface area contributed by atoms with Crippen LogP contribution in [0.1, 0.15) is 20.3 Å². The van der Waals surface area contributed by atoms with Gasteiger partial charge >= 0.3 is 0 Å². The van der Waals surface area contributed by atoms with Crippen molar-refractivity contribution in [3.8, 4) is 5.69 Å². The molecule has 3 N–H and O–H groups in total.